The zero-order valence-electron chi connectivity index (χ0n) is 11.5. The highest BCUT2D eigenvalue weighted by molar-refractivity contribution is 8.23. The number of hydrogen-bond acceptors (Lipinski definition) is 4. The van der Waals surface area contributed by atoms with Crippen LogP contribution in [0.3, 0.4) is 0 Å². The first-order chi connectivity index (χ1) is 9.97. The summed E-state index contributed by atoms with van der Waals surface area (Å²) in [6.07, 6.45) is 2.33. The van der Waals surface area contributed by atoms with E-state index in [0.29, 0.717) is 21.6 Å². The first-order valence-corrected chi connectivity index (χ1v) is 8.66. The molecule has 8 heteroatoms. The maximum atomic E-state index is 11.9. The second-order valence-corrected chi connectivity index (χ2v) is 7.11. The standard InChI is InChI=1S/C13H15Cl2N3OS2/c1-8-9(14)6-10(15)12(16-8)17-11(19)7-21-13(20)18-4-2-3-5-18/h6H,2-5,7H2,1H3,(H,16,17,19). The van der Waals surface area contributed by atoms with E-state index in [4.69, 9.17) is 35.4 Å². The normalized spacial score (nSPS) is 14.3. The molecule has 0 unspecified atom stereocenters. The van der Waals surface area contributed by atoms with Gasteiger partial charge in [0.2, 0.25) is 5.91 Å². The number of aryl methyl sites for hydroxylation is 1. The van der Waals surface area contributed by atoms with Crippen LogP contribution in [-0.4, -0.2) is 39.0 Å². The lowest BCUT2D eigenvalue weighted by atomic mass is 10.3. The Morgan fingerprint density at radius 2 is 2.10 bits per heavy atom. The largest absolute Gasteiger partial charge is 0.358 e. The van der Waals surface area contributed by atoms with Gasteiger partial charge in [0.05, 0.1) is 21.5 Å². The van der Waals surface area contributed by atoms with Gasteiger partial charge in [-0.05, 0) is 25.8 Å². The summed E-state index contributed by atoms with van der Waals surface area (Å²) in [6.45, 7) is 3.72. The van der Waals surface area contributed by atoms with Crippen LogP contribution in [0.25, 0.3) is 0 Å². The first-order valence-electron chi connectivity index (χ1n) is 6.51. The molecule has 1 aliphatic rings. The molecule has 1 aliphatic heterocycles. The summed E-state index contributed by atoms with van der Waals surface area (Å²) in [4.78, 5) is 18.2. The van der Waals surface area contributed by atoms with Crippen LogP contribution in [0, 0.1) is 6.92 Å². The summed E-state index contributed by atoms with van der Waals surface area (Å²) in [5.74, 6) is 0.392. The second kappa shape index (κ2) is 7.63. The number of anilines is 1. The molecule has 21 heavy (non-hydrogen) atoms. The molecule has 0 atom stereocenters. The molecule has 4 nitrogen and oxygen atoms in total. The maximum Gasteiger partial charge on any atom is 0.236 e. The van der Waals surface area contributed by atoms with Gasteiger partial charge in [0, 0.05) is 13.1 Å². The molecule has 114 valence electrons. The summed E-state index contributed by atoms with van der Waals surface area (Å²) in [5, 5.41) is 3.48. The van der Waals surface area contributed by atoms with Gasteiger partial charge in [-0.25, -0.2) is 4.98 Å². The highest BCUT2D eigenvalue weighted by Gasteiger charge is 2.17. The molecule has 0 aliphatic carbocycles. The van der Waals surface area contributed by atoms with Crippen molar-refractivity contribution in [2.75, 3.05) is 24.2 Å². The Labute approximate surface area is 143 Å². The summed E-state index contributed by atoms with van der Waals surface area (Å²) in [5.41, 5.74) is 0.622. The van der Waals surface area contributed by atoms with Gasteiger partial charge in [0.25, 0.3) is 0 Å². The monoisotopic (exact) mass is 363 g/mol. The molecule has 0 saturated carbocycles. The Morgan fingerprint density at radius 3 is 2.76 bits per heavy atom. The predicted octanol–water partition coefficient (Wildman–Crippen LogP) is 3.75. The van der Waals surface area contributed by atoms with Crippen molar-refractivity contribution < 1.29 is 4.79 Å². The van der Waals surface area contributed by atoms with Crippen molar-refractivity contribution in [1.82, 2.24) is 9.88 Å². The van der Waals surface area contributed by atoms with Crippen LogP contribution >= 0.6 is 47.2 Å². The number of likely N-dealkylation sites (tertiary alicyclic amines) is 1. The van der Waals surface area contributed by atoms with Gasteiger partial charge in [-0.3, -0.25) is 4.79 Å². The summed E-state index contributed by atoms with van der Waals surface area (Å²) < 4.78 is 0.772. The van der Waals surface area contributed by atoms with E-state index in [-0.39, 0.29) is 11.7 Å². The third kappa shape index (κ3) is 4.71. The van der Waals surface area contributed by atoms with Crippen molar-refractivity contribution in [2.45, 2.75) is 19.8 Å². The highest BCUT2D eigenvalue weighted by Crippen LogP contribution is 2.25. The van der Waals surface area contributed by atoms with Crippen LogP contribution in [-0.2, 0) is 4.79 Å². The molecule has 0 radical (unpaired) electrons. The quantitative estimate of drug-likeness (QED) is 0.828. The molecule has 2 rings (SSSR count). The van der Waals surface area contributed by atoms with Crippen LogP contribution in [0.15, 0.2) is 6.07 Å². The molecule has 0 spiro atoms. The van der Waals surface area contributed by atoms with Crippen molar-refractivity contribution in [1.29, 1.82) is 0 Å². The molecule has 0 bridgehead atoms. The molecule has 2 heterocycles. The minimum Gasteiger partial charge on any atom is -0.358 e. The fraction of sp³-hybridized carbons (Fsp3) is 0.462. The Bertz CT molecular complexity index is 563. The average Bonchev–Trinajstić information content (AvgIpc) is 2.96. The van der Waals surface area contributed by atoms with Crippen LogP contribution in [0.5, 0.6) is 0 Å². The van der Waals surface area contributed by atoms with E-state index < -0.39 is 0 Å². The minimum atomic E-state index is -0.183. The Balaban J connectivity index is 1.87. The number of nitrogens with one attached hydrogen (secondary N) is 1. The van der Waals surface area contributed by atoms with Gasteiger partial charge in [0.1, 0.15) is 4.32 Å². The van der Waals surface area contributed by atoms with Crippen molar-refractivity contribution >= 4 is 63.2 Å². The van der Waals surface area contributed by atoms with Gasteiger partial charge in [-0.15, -0.1) is 0 Å². The number of aromatic nitrogens is 1. The minimum absolute atomic E-state index is 0.183. The molecule has 1 aromatic rings. The SMILES string of the molecule is Cc1nc(NC(=O)CSC(=S)N2CCCC2)c(Cl)cc1Cl. The molecule has 1 N–H and O–H groups in total. The fourth-order valence-corrected chi connectivity index (χ4v) is 3.39. The number of pyridine rings is 1. The van der Waals surface area contributed by atoms with Crippen molar-refractivity contribution in [3.8, 4) is 0 Å². The van der Waals surface area contributed by atoms with Gasteiger partial charge in [0.15, 0.2) is 5.82 Å². The van der Waals surface area contributed by atoms with Gasteiger partial charge in [-0.1, -0.05) is 47.2 Å². The number of rotatable bonds is 3. The van der Waals surface area contributed by atoms with E-state index in [0.717, 1.165) is 30.3 Å². The van der Waals surface area contributed by atoms with E-state index in [9.17, 15) is 4.79 Å². The molecule has 0 aromatic carbocycles. The molecular weight excluding hydrogens is 349 g/mol. The zero-order valence-corrected chi connectivity index (χ0v) is 14.6. The average molecular weight is 364 g/mol. The van der Waals surface area contributed by atoms with Gasteiger partial charge < -0.3 is 10.2 Å². The number of nitrogens with zero attached hydrogens (tertiary/aromatic N) is 2. The van der Waals surface area contributed by atoms with Crippen molar-refractivity contribution in [3.63, 3.8) is 0 Å². The van der Waals surface area contributed by atoms with E-state index in [2.05, 4.69) is 15.2 Å². The number of halogens is 2. The zero-order chi connectivity index (χ0) is 15.4. The Morgan fingerprint density at radius 1 is 1.43 bits per heavy atom. The highest BCUT2D eigenvalue weighted by atomic mass is 35.5. The fourth-order valence-electron chi connectivity index (χ4n) is 1.93. The lowest BCUT2D eigenvalue weighted by molar-refractivity contribution is -0.113. The van der Waals surface area contributed by atoms with Crippen LogP contribution in [0.4, 0.5) is 5.82 Å². The lowest BCUT2D eigenvalue weighted by Gasteiger charge is -2.17. The number of thiocarbonyl (C=S) groups is 1. The Hall–Kier alpha value is -0.560. The second-order valence-electron chi connectivity index (χ2n) is 4.68. The third-order valence-electron chi connectivity index (χ3n) is 3.05. The summed E-state index contributed by atoms with van der Waals surface area (Å²) in [7, 11) is 0. The molecule has 1 saturated heterocycles. The van der Waals surface area contributed by atoms with Gasteiger partial charge >= 0.3 is 0 Å². The third-order valence-corrected chi connectivity index (χ3v) is 5.25. The lowest BCUT2D eigenvalue weighted by Crippen LogP contribution is -2.25. The number of amides is 1. The maximum absolute atomic E-state index is 11.9. The molecule has 1 aromatic heterocycles. The number of carbonyl (C=O) groups is 1. The van der Waals surface area contributed by atoms with E-state index >= 15 is 0 Å². The van der Waals surface area contributed by atoms with E-state index in [1.807, 2.05) is 0 Å². The first kappa shape index (κ1) is 16.8. The smallest absolute Gasteiger partial charge is 0.236 e. The van der Waals surface area contributed by atoms with Crippen LogP contribution in [0.1, 0.15) is 18.5 Å². The van der Waals surface area contributed by atoms with Crippen LogP contribution in [0.2, 0.25) is 10.0 Å². The van der Waals surface area contributed by atoms with Gasteiger partial charge in [-0.2, -0.15) is 0 Å². The predicted molar refractivity (Wildman–Crippen MR) is 93.5 cm³/mol. The van der Waals surface area contributed by atoms with E-state index in [1.54, 1.807) is 13.0 Å². The summed E-state index contributed by atoms with van der Waals surface area (Å²) >= 11 is 18.6. The van der Waals surface area contributed by atoms with Crippen molar-refractivity contribution in [2.24, 2.45) is 0 Å². The summed E-state index contributed by atoms with van der Waals surface area (Å²) in [6, 6.07) is 1.57. The van der Waals surface area contributed by atoms with Crippen molar-refractivity contribution in [3.05, 3.63) is 21.8 Å². The molecular formula is C13H15Cl2N3OS2. The number of thioether (sulfide) groups is 1. The number of hydrogen-bond donors (Lipinski definition) is 1. The molecule has 1 fully saturated rings. The molecule has 1 amide bonds. The van der Waals surface area contributed by atoms with E-state index in [1.165, 1.54) is 11.8 Å². The number of carbonyl (C=O) groups excluding carboxylic acids is 1. The topological polar surface area (TPSA) is 45.2 Å². The Kier molecular flexibility index (Phi) is 6.10. The van der Waals surface area contributed by atoms with Crippen LogP contribution < -0.4 is 5.32 Å².